The highest BCUT2D eigenvalue weighted by molar-refractivity contribution is 9.10. The summed E-state index contributed by atoms with van der Waals surface area (Å²) in [5, 5.41) is 0. The number of methoxy groups -OCH3 is 1. The molecule has 0 amide bonds. The lowest BCUT2D eigenvalue weighted by molar-refractivity contribution is 0.413. The van der Waals surface area contributed by atoms with E-state index in [0.717, 1.165) is 0 Å². The van der Waals surface area contributed by atoms with E-state index in [0.29, 0.717) is 4.47 Å². The zero-order valence-electron chi connectivity index (χ0n) is 12.3. The average Bonchev–Trinajstić information content (AvgIpc) is 2.16. The number of hydrogen-bond acceptors (Lipinski definition) is 3. The summed E-state index contributed by atoms with van der Waals surface area (Å²) in [6, 6.07) is 1.45. The van der Waals surface area contributed by atoms with E-state index in [9.17, 15) is 0 Å². The van der Waals surface area contributed by atoms with Crippen molar-refractivity contribution in [3.05, 3.63) is 16.7 Å². The first-order chi connectivity index (χ1) is 8.07. The number of pyridine rings is 1. The summed E-state index contributed by atoms with van der Waals surface area (Å²) >= 11 is 3.14. The van der Waals surface area contributed by atoms with Crippen molar-refractivity contribution in [1.82, 2.24) is 4.98 Å². The molecule has 0 aliphatic heterocycles. The Kier molecular flexibility index (Phi) is 1.24. The lowest BCUT2D eigenvalue weighted by atomic mass is 10.4. The van der Waals surface area contributed by atoms with Gasteiger partial charge >= 0.3 is 0 Å². The lowest BCUT2D eigenvalue weighted by Crippen LogP contribution is -2.11. The van der Waals surface area contributed by atoms with Crippen LogP contribution in [0, 0.1) is 0 Å². The second-order valence-corrected chi connectivity index (χ2v) is 2.93. The highest BCUT2D eigenvalue weighted by Crippen LogP contribution is 2.26. The van der Waals surface area contributed by atoms with Gasteiger partial charge in [0.2, 0.25) is 0 Å². The molecular formula is C8H11BrN2O. The summed E-state index contributed by atoms with van der Waals surface area (Å²) in [7, 11) is 1.31. The van der Waals surface area contributed by atoms with E-state index in [2.05, 4.69) is 20.9 Å². The Morgan fingerprint density at radius 2 is 2.42 bits per heavy atom. The van der Waals surface area contributed by atoms with Crippen molar-refractivity contribution in [3.63, 3.8) is 0 Å². The Labute approximate surface area is 88.9 Å². The van der Waals surface area contributed by atoms with Crippen molar-refractivity contribution in [2.75, 3.05) is 26.0 Å². The van der Waals surface area contributed by atoms with Crippen LogP contribution in [-0.4, -0.2) is 26.0 Å². The first-order valence-electron chi connectivity index (χ1n) is 6.07. The van der Waals surface area contributed by atoms with Crippen molar-refractivity contribution in [3.8, 4) is 5.75 Å². The number of nitrogens with zero attached hydrogens (tertiary/aromatic N) is 2. The Bertz CT molecular complexity index is 419. The molecule has 0 bridgehead atoms. The van der Waals surface area contributed by atoms with E-state index in [1.165, 1.54) is 19.4 Å². The van der Waals surface area contributed by atoms with Crippen LogP contribution in [0.5, 0.6) is 5.75 Å². The zero-order chi connectivity index (χ0) is 14.1. The fourth-order valence-electron chi connectivity index (χ4n) is 0.732. The lowest BCUT2D eigenvalue weighted by Gasteiger charge is -2.14. The summed E-state index contributed by atoms with van der Waals surface area (Å²) in [4.78, 5) is 4.10. The monoisotopic (exact) mass is 236 g/mol. The molecule has 1 aromatic heterocycles. The van der Waals surface area contributed by atoms with Crippen molar-refractivity contribution in [2.24, 2.45) is 0 Å². The van der Waals surface area contributed by atoms with Gasteiger partial charge in [0.05, 0.1) is 7.11 Å². The Morgan fingerprint density at radius 3 is 3.00 bits per heavy atom. The van der Waals surface area contributed by atoms with Crippen molar-refractivity contribution < 1.29 is 13.0 Å². The maximum absolute atomic E-state index is 7.30. The summed E-state index contributed by atoms with van der Waals surface area (Å²) < 4.78 is 49.3. The van der Waals surface area contributed by atoms with Crippen LogP contribution in [0.2, 0.25) is 0 Å². The Hall–Kier alpha value is -0.770. The molecule has 12 heavy (non-hydrogen) atoms. The maximum atomic E-state index is 7.30. The van der Waals surface area contributed by atoms with E-state index in [-0.39, 0.29) is 16.5 Å². The van der Waals surface area contributed by atoms with Crippen LogP contribution in [0.3, 0.4) is 0 Å². The molecule has 0 aromatic carbocycles. The molecule has 66 valence electrons. The molecule has 3 nitrogen and oxygen atoms in total. The number of halogens is 1. The smallest absolute Gasteiger partial charge is 0.170 e. The number of rotatable bonds is 2. The molecule has 1 aromatic rings. The standard InChI is InChI=1S/C8H11BrN2O/c1-11(2)8-7(12-3)4-6(9)5-10-8/h4-5H,1-3H3/i1D3,2D3. The molecule has 0 saturated heterocycles. The third kappa shape index (κ3) is 1.88. The molecule has 0 spiro atoms. The largest absolute Gasteiger partial charge is 0.493 e. The van der Waals surface area contributed by atoms with Crippen LogP contribution in [0.25, 0.3) is 0 Å². The molecule has 0 atom stereocenters. The zero-order valence-corrected chi connectivity index (χ0v) is 7.92. The predicted molar refractivity (Wildman–Crippen MR) is 52.8 cm³/mol. The summed E-state index contributed by atoms with van der Waals surface area (Å²) in [5.41, 5.74) is 0. The quantitative estimate of drug-likeness (QED) is 0.785. The molecule has 0 radical (unpaired) electrons. The molecule has 0 aliphatic carbocycles. The molecule has 1 heterocycles. The van der Waals surface area contributed by atoms with Gasteiger partial charge < -0.3 is 9.64 Å². The average molecular weight is 237 g/mol. The highest BCUT2D eigenvalue weighted by Gasteiger charge is 2.05. The molecule has 0 saturated carbocycles. The van der Waals surface area contributed by atoms with Gasteiger partial charge in [0.1, 0.15) is 0 Å². The van der Waals surface area contributed by atoms with E-state index in [1.807, 2.05) is 0 Å². The fraction of sp³-hybridized carbons (Fsp3) is 0.375. The Morgan fingerprint density at radius 1 is 1.67 bits per heavy atom. The second-order valence-electron chi connectivity index (χ2n) is 2.01. The number of hydrogen-bond donors (Lipinski definition) is 0. The molecular weight excluding hydrogens is 220 g/mol. The van der Waals surface area contributed by atoms with Crippen molar-refractivity contribution in [2.45, 2.75) is 0 Å². The van der Waals surface area contributed by atoms with Crippen LogP contribution in [0.1, 0.15) is 8.22 Å². The predicted octanol–water partition coefficient (Wildman–Crippen LogP) is 1.92. The number of ether oxygens (including phenoxy) is 1. The van der Waals surface area contributed by atoms with Crippen LogP contribution in [-0.2, 0) is 0 Å². The maximum Gasteiger partial charge on any atom is 0.170 e. The topological polar surface area (TPSA) is 25.4 Å². The summed E-state index contributed by atoms with van der Waals surface area (Å²) in [5.74, 6) is -0.183. The van der Waals surface area contributed by atoms with Crippen LogP contribution < -0.4 is 9.64 Å². The molecule has 0 aliphatic rings. The van der Waals surface area contributed by atoms with Gasteiger partial charge in [0.25, 0.3) is 0 Å². The van der Waals surface area contributed by atoms with Crippen molar-refractivity contribution >= 4 is 21.7 Å². The van der Waals surface area contributed by atoms with Crippen LogP contribution >= 0.6 is 15.9 Å². The van der Waals surface area contributed by atoms with Gasteiger partial charge in [-0.05, 0) is 22.0 Å². The molecule has 0 unspecified atom stereocenters. The van der Waals surface area contributed by atoms with Gasteiger partial charge in [-0.25, -0.2) is 4.98 Å². The van der Waals surface area contributed by atoms with Gasteiger partial charge in [-0.15, -0.1) is 0 Å². The van der Waals surface area contributed by atoms with Gasteiger partial charge in [0.15, 0.2) is 11.6 Å². The van der Waals surface area contributed by atoms with E-state index in [4.69, 9.17) is 13.0 Å². The van der Waals surface area contributed by atoms with E-state index < -0.39 is 14.0 Å². The minimum atomic E-state index is -2.85. The minimum Gasteiger partial charge on any atom is -0.493 e. The van der Waals surface area contributed by atoms with Gasteiger partial charge in [0, 0.05) is 32.8 Å². The minimum absolute atomic E-state index is 0.0663. The molecule has 0 fully saturated rings. The van der Waals surface area contributed by atoms with Gasteiger partial charge in [-0.1, -0.05) is 0 Å². The second kappa shape index (κ2) is 3.76. The first-order valence-corrected chi connectivity index (χ1v) is 3.86. The summed E-state index contributed by atoms with van der Waals surface area (Å²) in [6.45, 7) is -5.70. The van der Waals surface area contributed by atoms with Crippen LogP contribution in [0.4, 0.5) is 5.82 Å². The van der Waals surface area contributed by atoms with Crippen molar-refractivity contribution in [1.29, 1.82) is 0 Å². The van der Waals surface area contributed by atoms with E-state index >= 15 is 0 Å². The third-order valence-electron chi connectivity index (χ3n) is 1.23. The molecule has 1 rings (SSSR count). The van der Waals surface area contributed by atoms with E-state index in [1.54, 1.807) is 0 Å². The third-order valence-corrected chi connectivity index (χ3v) is 1.66. The highest BCUT2D eigenvalue weighted by atomic mass is 79.9. The number of anilines is 1. The molecule has 4 heteroatoms. The van der Waals surface area contributed by atoms with Gasteiger partial charge in [-0.3, -0.25) is 0 Å². The SMILES string of the molecule is [2H]C([2H])([2H])N(c1ncc(Br)cc1OC)C([2H])([2H])[2H]. The first kappa shape index (κ1) is 3.96. The number of aromatic nitrogens is 1. The fourth-order valence-corrected chi connectivity index (χ4v) is 1.04. The van der Waals surface area contributed by atoms with Crippen LogP contribution in [0.15, 0.2) is 16.7 Å². The summed E-state index contributed by atoms with van der Waals surface area (Å²) in [6.07, 6.45) is 1.31. The van der Waals surface area contributed by atoms with Gasteiger partial charge in [-0.2, -0.15) is 0 Å². The normalized spacial score (nSPS) is 19.2. The Balaban J connectivity index is 3.39. The molecule has 0 N–H and O–H groups in total.